The van der Waals surface area contributed by atoms with Gasteiger partial charge in [0.05, 0.1) is 11.4 Å². The second-order valence-electron chi connectivity index (χ2n) is 5.65. The third-order valence-electron chi connectivity index (χ3n) is 4.30. The zero-order valence-corrected chi connectivity index (χ0v) is 12.6. The number of rotatable bonds is 4. The van der Waals surface area contributed by atoms with Crippen molar-refractivity contribution >= 4 is 5.82 Å². The molecule has 1 N–H and O–H groups in total. The van der Waals surface area contributed by atoms with E-state index in [2.05, 4.69) is 55.0 Å². The van der Waals surface area contributed by atoms with Crippen LogP contribution in [0.4, 0.5) is 5.82 Å². The highest BCUT2D eigenvalue weighted by Gasteiger charge is 2.26. The van der Waals surface area contributed by atoms with Gasteiger partial charge < -0.3 is 5.32 Å². The van der Waals surface area contributed by atoms with Crippen LogP contribution in [0, 0.1) is 6.92 Å². The molecule has 0 radical (unpaired) electrons. The van der Waals surface area contributed by atoms with Crippen LogP contribution in [0.5, 0.6) is 0 Å². The molecule has 1 aliphatic heterocycles. The summed E-state index contributed by atoms with van der Waals surface area (Å²) < 4.78 is 2.10. The van der Waals surface area contributed by atoms with Crippen molar-refractivity contribution in [3.05, 3.63) is 41.1 Å². The molecule has 3 nitrogen and oxygen atoms in total. The SMILES string of the molecule is CCC(CC)c1nn(-c2cccc(C)c2)c2c1CCN2. The minimum absolute atomic E-state index is 0.578. The van der Waals surface area contributed by atoms with E-state index in [1.807, 2.05) is 0 Å². The van der Waals surface area contributed by atoms with Crippen molar-refractivity contribution < 1.29 is 0 Å². The topological polar surface area (TPSA) is 29.9 Å². The molecule has 1 aromatic carbocycles. The number of nitrogens with zero attached hydrogens (tertiary/aromatic N) is 2. The van der Waals surface area contributed by atoms with Crippen molar-refractivity contribution in [2.24, 2.45) is 0 Å². The summed E-state index contributed by atoms with van der Waals surface area (Å²) in [6.07, 6.45) is 3.43. The Balaban J connectivity index is 2.11. The minimum Gasteiger partial charge on any atom is -0.369 e. The van der Waals surface area contributed by atoms with Gasteiger partial charge in [0.25, 0.3) is 0 Å². The first-order valence-electron chi connectivity index (χ1n) is 7.67. The van der Waals surface area contributed by atoms with E-state index in [1.165, 1.54) is 22.6 Å². The van der Waals surface area contributed by atoms with Crippen molar-refractivity contribution in [2.75, 3.05) is 11.9 Å². The van der Waals surface area contributed by atoms with Gasteiger partial charge >= 0.3 is 0 Å². The molecule has 20 heavy (non-hydrogen) atoms. The summed E-state index contributed by atoms with van der Waals surface area (Å²) in [6.45, 7) is 7.68. The predicted molar refractivity (Wildman–Crippen MR) is 83.8 cm³/mol. The third kappa shape index (κ3) is 2.11. The van der Waals surface area contributed by atoms with Crippen LogP contribution in [0.15, 0.2) is 24.3 Å². The van der Waals surface area contributed by atoms with Gasteiger partial charge in [-0.25, -0.2) is 4.68 Å². The average Bonchev–Trinajstić information content (AvgIpc) is 3.03. The fourth-order valence-electron chi connectivity index (χ4n) is 3.15. The van der Waals surface area contributed by atoms with E-state index in [9.17, 15) is 0 Å². The van der Waals surface area contributed by atoms with Gasteiger partial charge in [-0.15, -0.1) is 0 Å². The number of hydrogen-bond acceptors (Lipinski definition) is 2. The zero-order valence-electron chi connectivity index (χ0n) is 12.6. The zero-order chi connectivity index (χ0) is 14.1. The van der Waals surface area contributed by atoms with E-state index in [4.69, 9.17) is 5.10 Å². The van der Waals surface area contributed by atoms with Gasteiger partial charge in [0, 0.05) is 18.0 Å². The minimum atomic E-state index is 0.578. The number of aromatic nitrogens is 2. The highest BCUT2D eigenvalue weighted by Crippen LogP contribution is 2.35. The van der Waals surface area contributed by atoms with E-state index in [1.54, 1.807) is 0 Å². The second-order valence-corrected chi connectivity index (χ2v) is 5.65. The lowest BCUT2D eigenvalue weighted by Gasteiger charge is -2.10. The summed E-state index contributed by atoms with van der Waals surface area (Å²) in [5, 5.41) is 8.45. The molecule has 0 spiro atoms. The lowest BCUT2D eigenvalue weighted by atomic mass is 9.96. The third-order valence-corrected chi connectivity index (χ3v) is 4.30. The maximum atomic E-state index is 4.94. The van der Waals surface area contributed by atoms with Gasteiger partial charge in [-0.05, 0) is 43.9 Å². The molecule has 0 unspecified atom stereocenters. The second kappa shape index (κ2) is 5.31. The predicted octanol–water partition coefficient (Wildman–Crippen LogP) is 4.05. The molecule has 2 aromatic rings. The quantitative estimate of drug-likeness (QED) is 0.907. The molecule has 3 heteroatoms. The van der Waals surface area contributed by atoms with Crippen molar-refractivity contribution in [1.82, 2.24) is 9.78 Å². The molecule has 1 aliphatic rings. The fourth-order valence-corrected chi connectivity index (χ4v) is 3.15. The molecule has 3 rings (SSSR count). The molecule has 0 saturated heterocycles. The lowest BCUT2D eigenvalue weighted by Crippen LogP contribution is -2.06. The van der Waals surface area contributed by atoms with Crippen LogP contribution in [-0.2, 0) is 6.42 Å². The Morgan fingerprint density at radius 3 is 2.80 bits per heavy atom. The Kier molecular flexibility index (Phi) is 3.51. The van der Waals surface area contributed by atoms with Crippen LogP contribution in [0.2, 0.25) is 0 Å². The number of nitrogens with one attached hydrogen (secondary N) is 1. The van der Waals surface area contributed by atoms with Crippen molar-refractivity contribution in [3.63, 3.8) is 0 Å². The molecule has 106 valence electrons. The van der Waals surface area contributed by atoms with Gasteiger partial charge in [-0.3, -0.25) is 0 Å². The molecular weight excluding hydrogens is 246 g/mol. The number of fused-ring (bicyclic) bond motifs is 1. The summed E-state index contributed by atoms with van der Waals surface area (Å²) >= 11 is 0. The summed E-state index contributed by atoms with van der Waals surface area (Å²) in [4.78, 5) is 0. The van der Waals surface area contributed by atoms with Crippen molar-refractivity contribution in [2.45, 2.75) is 46.0 Å². The smallest absolute Gasteiger partial charge is 0.133 e. The van der Waals surface area contributed by atoms with Gasteiger partial charge in [-0.1, -0.05) is 26.0 Å². The van der Waals surface area contributed by atoms with E-state index in [0.717, 1.165) is 31.5 Å². The maximum Gasteiger partial charge on any atom is 0.133 e. The molecule has 0 fully saturated rings. The van der Waals surface area contributed by atoms with Crippen molar-refractivity contribution in [1.29, 1.82) is 0 Å². The van der Waals surface area contributed by atoms with Crippen LogP contribution in [0.25, 0.3) is 5.69 Å². The number of hydrogen-bond donors (Lipinski definition) is 1. The standard InChI is InChI=1S/C17H23N3/c1-4-13(5-2)16-15-9-10-18-17(15)20(19-16)14-8-6-7-12(3)11-14/h6-8,11,13,18H,4-5,9-10H2,1-3H3. The Morgan fingerprint density at radius 2 is 2.10 bits per heavy atom. The highest BCUT2D eigenvalue weighted by atomic mass is 15.3. The van der Waals surface area contributed by atoms with E-state index >= 15 is 0 Å². The molecule has 0 atom stereocenters. The average molecular weight is 269 g/mol. The summed E-state index contributed by atoms with van der Waals surface area (Å²) in [7, 11) is 0. The van der Waals surface area contributed by atoms with Gasteiger partial charge in [0.1, 0.15) is 5.82 Å². The maximum absolute atomic E-state index is 4.94. The molecule has 0 bridgehead atoms. The van der Waals surface area contributed by atoms with Gasteiger partial charge in [0.15, 0.2) is 0 Å². The van der Waals surface area contributed by atoms with Crippen LogP contribution < -0.4 is 5.32 Å². The fraction of sp³-hybridized carbons (Fsp3) is 0.471. The van der Waals surface area contributed by atoms with Gasteiger partial charge in [0.2, 0.25) is 0 Å². The van der Waals surface area contributed by atoms with Crippen LogP contribution in [0.1, 0.15) is 49.4 Å². The molecule has 0 saturated carbocycles. The molecule has 0 amide bonds. The molecular formula is C17H23N3. The van der Waals surface area contributed by atoms with E-state index in [-0.39, 0.29) is 0 Å². The van der Waals surface area contributed by atoms with E-state index in [0.29, 0.717) is 5.92 Å². The Morgan fingerprint density at radius 1 is 1.30 bits per heavy atom. The van der Waals surface area contributed by atoms with Crippen LogP contribution in [0.3, 0.4) is 0 Å². The largest absolute Gasteiger partial charge is 0.369 e. The van der Waals surface area contributed by atoms with Crippen LogP contribution in [-0.4, -0.2) is 16.3 Å². The summed E-state index contributed by atoms with van der Waals surface area (Å²) in [5.41, 5.74) is 5.17. The first-order valence-corrected chi connectivity index (χ1v) is 7.67. The van der Waals surface area contributed by atoms with Gasteiger partial charge in [-0.2, -0.15) is 5.10 Å². The molecule has 2 heterocycles. The molecule has 1 aromatic heterocycles. The lowest BCUT2D eigenvalue weighted by molar-refractivity contribution is 0.607. The first-order chi connectivity index (χ1) is 9.74. The van der Waals surface area contributed by atoms with Crippen molar-refractivity contribution in [3.8, 4) is 5.69 Å². The van der Waals surface area contributed by atoms with Crippen LogP contribution >= 0.6 is 0 Å². The highest BCUT2D eigenvalue weighted by molar-refractivity contribution is 5.58. The number of aryl methyl sites for hydroxylation is 1. The molecule has 0 aliphatic carbocycles. The Hall–Kier alpha value is -1.77. The number of benzene rings is 1. The Bertz CT molecular complexity index is 609. The first kappa shape index (κ1) is 13.2. The summed E-state index contributed by atoms with van der Waals surface area (Å²) in [6, 6.07) is 8.56. The Labute approximate surface area is 121 Å². The normalized spacial score (nSPS) is 13.6. The van der Waals surface area contributed by atoms with E-state index < -0.39 is 0 Å². The number of anilines is 1. The monoisotopic (exact) mass is 269 g/mol. The summed E-state index contributed by atoms with van der Waals surface area (Å²) in [5.74, 6) is 1.78.